The molecule has 2 nitrogen and oxygen atoms in total. The molecule has 1 N–H and O–H groups in total. The summed E-state index contributed by atoms with van der Waals surface area (Å²) < 4.78 is 0. The average molecular weight is 290 g/mol. The van der Waals surface area contributed by atoms with Gasteiger partial charge in [-0.15, -0.1) is 0 Å². The highest BCUT2D eigenvalue weighted by Crippen LogP contribution is 2.35. The Labute approximate surface area is 127 Å². The Kier molecular flexibility index (Phi) is 4.48. The molecule has 0 fully saturated rings. The fourth-order valence-corrected chi connectivity index (χ4v) is 3.84. The number of aliphatic imine (C=N–C) groups is 1. The van der Waals surface area contributed by atoms with Crippen LogP contribution in [-0.2, 0) is 5.41 Å². The molecule has 1 aliphatic rings. The lowest BCUT2D eigenvalue weighted by molar-refractivity contribution is 0.456. The number of amidine groups is 1. The number of thioether (sulfide) groups is 1. The first-order chi connectivity index (χ1) is 9.40. The Hall–Kier alpha value is -0.960. The molecule has 1 aromatic rings. The van der Waals surface area contributed by atoms with E-state index in [4.69, 9.17) is 4.99 Å². The minimum atomic E-state index is 0.139. The van der Waals surface area contributed by atoms with Crippen LogP contribution in [0.15, 0.2) is 29.3 Å². The molecule has 0 spiro atoms. The molecule has 1 aromatic carbocycles. The third kappa shape index (κ3) is 3.20. The van der Waals surface area contributed by atoms with E-state index in [9.17, 15) is 0 Å². The van der Waals surface area contributed by atoms with E-state index < -0.39 is 0 Å². The van der Waals surface area contributed by atoms with Crippen LogP contribution in [0, 0.1) is 0 Å². The number of nitrogens with one attached hydrogen (secondary N) is 1. The van der Waals surface area contributed by atoms with Gasteiger partial charge in [0, 0.05) is 11.4 Å². The molecule has 0 saturated carbocycles. The third-order valence-corrected chi connectivity index (χ3v) is 5.26. The molecule has 0 bridgehead atoms. The summed E-state index contributed by atoms with van der Waals surface area (Å²) in [6.45, 7) is 11.2. The molecule has 110 valence electrons. The number of anilines is 1. The van der Waals surface area contributed by atoms with Gasteiger partial charge in [-0.25, -0.2) is 0 Å². The van der Waals surface area contributed by atoms with Gasteiger partial charge in [-0.2, -0.15) is 0 Å². The first-order valence-corrected chi connectivity index (χ1v) is 8.48. The van der Waals surface area contributed by atoms with Gasteiger partial charge in [0.2, 0.25) is 0 Å². The first kappa shape index (κ1) is 15.4. The lowest BCUT2D eigenvalue weighted by Crippen LogP contribution is -2.24. The van der Waals surface area contributed by atoms with Gasteiger partial charge in [-0.05, 0) is 29.9 Å². The molecule has 1 aliphatic heterocycles. The van der Waals surface area contributed by atoms with Crippen LogP contribution in [0.1, 0.15) is 53.0 Å². The topological polar surface area (TPSA) is 24.4 Å². The third-order valence-electron chi connectivity index (χ3n) is 4.11. The molecule has 0 aliphatic carbocycles. The van der Waals surface area contributed by atoms with E-state index in [1.54, 1.807) is 0 Å². The Morgan fingerprint density at radius 1 is 1.20 bits per heavy atom. The molecule has 1 heterocycles. The zero-order valence-corrected chi connectivity index (χ0v) is 14.1. The molecule has 2 rings (SSSR count). The van der Waals surface area contributed by atoms with Crippen molar-refractivity contribution in [1.29, 1.82) is 0 Å². The standard InChI is InChI=1S/C17H26N2S/c1-6-17(7-2)12-20-15(19-17)18-14-11-9-8-10-13(14)16(3,4)5/h8-11H,6-7,12H2,1-5H3,(H,18,19). The number of hydrogen-bond acceptors (Lipinski definition) is 3. The summed E-state index contributed by atoms with van der Waals surface area (Å²) in [4.78, 5) is 4.94. The van der Waals surface area contributed by atoms with Crippen molar-refractivity contribution in [2.24, 2.45) is 4.99 Å². The van der Waals surface area contributed by atoms with Crippen molar-refractivity contribution >= 4 is 22.6 Å². The summed E-state index contributed by atoms with van der Waals surface area (Å²) in [5.41, 5.74) is 2.81. The van der Waals surface area contributed by atoms with E-state index in [0.717, 1.165) is 23.8 Å². The molecule has 0 aromatic heterocycles. The number of benzene rings is 1. The molecule has 0 saturated heterocycles. The van der Waals surface area contributed by atoms with Crippen molar-refractivity contribution in [3.63, 3.8) is 0 Å². The highest BCUT2D eigenvalue weighted by atomic mass is 32.2. The van der Waals surface area contributed by atoms with Gasteiger partial charge < -0.3 is 5.32 Å². The maximum atomic E-state index is 4.94. The first-order valence-electron chi connectivity index (χ1n) is 7.49. The van der Waals surface area contributed by atoms with Crippen molar-refractivity contribution in [2.45, 2.75) is 58.4 Å². The molecule has 0 unspecified atom stereocenters. The van der Waals surface area contributed by atoms with E-state index in [-0.39, 0.29) is 11.0 Å². The molecular formula is C17H26N2S. The highest BCUT2D eigenvalue weighted by molar-refractivity contribution is 8.14. The summed E-state index contributed by atoms with van der Waals surface area (Å²) in [5.74, 6) is 1.10. The second-order valence-electron chi connectivity index (χ2n) is 6.56. The maximum absolute atomic E-state index is 4.94. The predicted octanol–water partition coefficient (Wildman–Crippen LogP) is 5.06. The Balaban J connectivity index is 2.24. The zero-order chi connectivity index (χ0) is 14.8. The average Bonchev–Trinajstić information content (AvgIpc) is 2.82. The van der Waals surface area contributed by atoms with Crippen LogP contribution in [0.5, 0.6) is 0 Å². The summed E-state index contributed by atoms with van der Waals surface area (Å²) in [5, 5.41) is 4.63. The predicted molar refractivity (Wildman–Crippen MR) is 92.0 cm³/mol. The van der Waals surface area contributed by atoms with Gasteiger partial charge in [0.1, 0.15) is 0 Å². The van der Waals surface area contributed by atoms with Crippen LogP contribution in [-0.4, -0.2) is 16.5 Å². The van der Waals surface area contributed by atoms with Crippen molar-refractivity contribution in [1.82, 2.24) is 0 Å². The number of nitrogens with zero attached hydrogens (tertiary/aromatic N) is 1. The second kappa shape index (κ2) is 5.80. The molecular weight excluding hydrogens is 264 g/mol. The molecule has 0 amide bonds. The monoisotopic (exact) mass is 290 g/mol. The maximum Gasteiger partial charge on any atom is 0.161 e. The summed E-state index contributed by atoms with van der Waals surface area (Å²) >= 11 is 1.85. The van der Waals surface area contributed by atoms with Crippen LogP contribution in [0.4, 0.5) is 5.69 Å². The quantitative estimate of drug-likeness (QED) is 0.841. The molecule has 3 heteroatoms. The Morgan fingerprint density at radius 2 is 1.85 bits per heavy atom. The van der Waals surface area contributed by atoms with Crippen LogP contribution in [0.3, 0.4) is 0 Å². The smallest absolute Gasteiger partial charge is 0.161 e. The number of rotatable bonds is 3. The summed E-state index contributed by atoms with van der Waals surface area (Å²) in [7, 11) is 0. The van der Waals surface area contributed by atoms with Gasteiger partial charge in [0.05, 0.1) is 5.54 Å². The lowest BCUT2D eigenvalue weighted by atomic mass is 9.86. The van der Waals surface area contributed by atoms with Crippen LogP contribution < -0.4 is 5.32 Å². The van der Waals surface area contributed by atoms with Gasteiger partial charge in [0.25, 0.3) is 0 Å². The normalized spacial score (nSPS) is 17.9. The lowest BCUT2D eigenvalue weighted by Gasteiger charge is -2.23. The van der Waals surface area contributed by atoms with Crippen LogP contribution in [0.25, 0.3) is 0 Å². The van der Waals surface area contributed by atoms with Crippen molar-refractivity contribution in [3.05, 3.63) is 29.8 Å². The van der Waals surface area contributed by atoms with Gasteiger partial charge in [-0.1, -0.05) is 64.6 Å². The van der Waals surface area contributed by atoms with Crippen molar-refractivity contribution in [3.8, 4) is 0 Å². The number of hydrogen-bond donors (Lipinski definition) is 1. The Bertz CT molecular complexity index is 496. The molecule has 0 atom stereocenters. The summed E-state index contributed by atoms with van der Waals surface area (Å²) in [6.07, 6.45) is 2.23. The van der Waals surface area contributed by atoms with Crippen molar-refractivity contribution < 1.29 is 0 Å². The number of para-hydroxylation sites is 1. The highest BCUT2D eigenvalue weighted by Gasteiger charge is 2.32. The van der Waals surface area contributed by atoms with Gasteiger partial charge in [0.15, 0.2) is 5.17 Å². The van der Waals surface area contributed by atoms with Crippen LogP contribution in [0.2, 0.25) is 0 Å². The van der Waals surface area contributed by atoms with E-state index >= 15 is 0 Å². The fraction of sp³-hybridized carbons (Fsp3) is 0.588. The second-order valence-corrected chi connectivity index (χ2v) is 7.52. The minimum absolute atomic E-state index is 0.139. The van der Waals surface area contributed by atoms with E-state index in [2.05, 4.69) is 64.2 Å². The molecule has 0 radical (unpaired) electrons. The SMILES string of the molecule is CCC1(CC)CSC(Nc2ccccc2C(C)(C)C)=N1. The molecule has 20 heavy (non-hydrogen) atoms. The largest absolute Gasteiger partial charge is 0.335 e. The van der Waals surface area contributed by atoms with E-state index in [0.29, 0.717) is 0 Å². The van der Waals surface area contributed by atoms with Crippen LogP contribution >= 0.6 is 11.8 Å². The van der Waals surface area contributed by atoms with E-state index in [1.165, 1.54) is 11.3 Å². The van der Waals surface area contributed by atoms with E-state index in [1.807, 2.05) is 11.8 Å². The van der Waals surface area contributed by atoms with Gasteiger partial charge >= 0.3 is 0 Å². The fourth-order valence-electron chi connectivity index (χ4n) is 2.52. The zero-order valence-electron chi connectivity index (χ0n) is 13.3. The van der Waals surface area contributed by atoms with Gasteiger partial charge in [-0.3, -0.25) is 4.99 Å². The Morgan fingerprint density at radius 3 is 2.40 bits per heavy atom. The van der Waals surface area contributed by atoms with Crippen molar-refractivity contribution in [2.75, 3.05) is 11.1 Å². The minimum Gasteiger partial charge on any atom is -0.335 e. The summed E-state index contributed by atoms with van der Waals surface area (Å²) in [6, 6.07) is 8.55.